The smallest absolute Gasteiger partial charge is 0.249 e. The van der Waals surface area contributed by atoms with Crippen LogP contribution < -0.4 is 20.1 Å². The molecule has 0 aliphatic heterocycles. The van der Waals surface area contributed by atoms with Gasteiger partial charge < -0.3 is 20.1 Å². The highest BCUT2D eigenvalue weighted by atomic mass is 35.5. The minimum atomic E-state index is 0.260. The molecule has 0 saturated heterocycles. The number of nitriles is 1. The number of methoxy groups -OCH3 is 2. The number of ether oxygens (including phenoxy) is 2. The normalized spacial score (nSPS) is 10.0. The summed E-state index contributed by atoms with van der Waals surface area (Å²) >= 11 is 6.11. The third-order valence-electron chi connectivity index (χ3n) is 3.57. The average molecular weight is 383 g/mol. The number of hydrogen-bond acceptors (Lipinski definition) is 8. The number of nitrogens with zero attached hydrogens (tertiary/aromatic N) is 4. The first kappa shape index (κ1) is 18.2. The lowest BCUT2D eigenvalue weighted by molar-refractivity contribution is 0.405. The first-order valence-corrected chi connectivity index (χ1v) is 8.16. The fraction of sp³-hybridized carbons (Fsp3) is 0.111. The minimum Gasteiger partial charge on any atom is -0.495 e. The Kier molecular flexibility index (Phi) is 5.54. The third-order valence-corrected chi connectivity index (χ3v) is 3.86. The Morgan fingerprint density at radius 2 is 1.78 bits per heavy atom. The molecule has 0 bridgehead atoms. The Morgan fingerprint density at radius 3 is 2.44 bits per heavy atom. The van der Waals surface area contributed by atoms with Crippen LogP contribution in [0.3, 0.4) is 0 Å². The first-order chi connectivity index (χ1) is 13.1. The summed E-state index contributed by atoms with van der Waals surface area (Å²) in [4.78, 5) is 4.37. The van der Waals surface area contributed by atoms with Crippen molar-refractivity contribution < 1.29 is 9.47 Å². The number of halogens is 1. The third kappa shape index (κ3) is 4.34. The topological polar surface area (TPSA) is 105 Å². The Morgan fingerprint density at radius 1 is 1.04 bits per heavy atom. The Bertz CT molecular complexity index is 988. The van der Waals surface area contributed by atoms with Gasteiger partial charge in [-0.15, -0.1) is 5.10 Å². The molecule has 1 aromatic heterocycles. The number of rotatable bonds is 6. The summed E-state index contributed by atoms with van der Waals surface area (Å²) in [6, 6.07) is 12.4. The van der Waals surface area contributed by atoms with Crippen molar-refractivity contribution in [1.82, 2.24) is 15.2 Å². The molecule has 0 saturated carbocycles. The lowest BCUT2D eigenvalue weighted by Crippen LogP contribution is -2.03. The molecule has 0 aliphatic carbocycles. The molecule has 0 amide bonds. The summed E-state index contributed by atoms with van der Waals surface area (Å²) in [5, 5.41) is 23.3. The summed E-state index contributed by atoms with van der Waals surface area (Å²) in [5.74, 6) is 1.74. The van der Waals surface area contributed by atoms with Crippen LogP contribution in [0.5, 0.6) is 11.5 Å². The van der Waals surface area contributed by atoms with Crippen molar-refractivity contribution in [3.05, 3.63) is 53.2 Å². The highest BCUT2D eigenvalue weighted by molar-refractivity contribution is 6.32. The molecule has 3 aromatic rings. The van der Waals surface area contributed by atoms with Crippen molar-refractivity contribution in [3.8, 4) is 17.6 Å². The molecule has 136 valence electrons. The van der Waals surface area contributed by atoms with Gasteiger partial charge in [-0.05, 0) is 24.3 Å². The van der Waals surface area contributed by atoms with Gasteiger partial charge in [-0.3, -0.25) is 0 Å². The Balaban J connectivity index is 1.82. The van der Waals surface area contributed by atoms with E-state index in [1.807, 2.05) is 0 Å². The van der Waals surface area contributed by atoms with E-state index in [9.17, 15) is 0 Å². The number of hydrogen-bond donors (Lipinski definition) is 2. The van der Waals surface area contributed by atoms with Crippen molar-refractivity contribution >= 4 is 34.7 Å². The van der Waals surface area contributed by atoms with Gasteiger partial charge in [0.1, 0.15) is 11.5 Å². The summed E-state index contributed by atoms with van der Waals surface area (Å²) in [6.45, 7) is 0. The molecule has 3 rings (SSSR count). The second kappa shape index (κ2) is 8.21. The van der Waals surface area contributed by atoms with Crippen molar-refractivity contribution in [2.45, 2.75) is 0 Å². The molecule has 2 aromatic carbocycles. The standard InChI is InChI=1S/C18H15ClN6O2/c1-26-15-8-14(16(27-2)7-13(15)19)23-18-24-17(10-21-25-18)22-12-5-3-11(9-20)4-6-12/h3-8,10H,1-2H3,(H2,22,23,24,25). The van der Waals surface area contributed by atoms with Gasteiger partial charge in [0.15, 0.2) is 5.82 Å². The molecular weight excluding hydrogens is 368 g/mol. The average Bonchev–Trinajstić information content (AvgIpc) is 2.70. The predicted octanol–water partition coefficient (Wildman–Crippen LogP) is 3.90. The van der Waals surface area contributed by atoms with Crippen molar-refractivity contribution in [3.63, 3.8) is 0 Å². The Labute approximate surface area is 160 Å². The van der Waals surface area contributed by atoms with Crippen molar-refractivity contribution in [2.24, 2.45) is 0 Å². The highest BCUT2D eigenvalue weighted by Gasteiger charge is 2.12. The summed E-state index contributed by atoms with van der Waals surface area (Å²) < 4.78 is 10.6. The molecule has 0 unspecified atom stereocenters. The van der Waals surface area contributed by atoms with Gasteiger partial charge in [0.25, 0.3) is 0 Å². The number of benzene rings is 2. The predicted molar refractivity (Wildman–Crippen MR) is 102 cm³/mol. The van der Waals surface area contributed by atoms with E-state index in [0.29, 0.717) is 33.6 Å². The second-order valence-corrected chi connectivity index (χ2v) is 5.70. The molecule has 9 heteroatoms. The van der Waals surface area contributed by atoms with Crippen LogP contribution >= 0.6 is 11.6 Å². The molecule has 0 radical (unpaired) electrons. The molecule has 2 N–H and O–H groups in total. The first-order valence-electron chi connectivity index (χ1n) is 7.78. The lowest BCUT2D eigenvalue weighted by Gasteiger charge is -2.13. The summed E-state index contributed by atoms with van der Waals surface area (Å²) in [6.07, 6.45) is 1.49. The largest absolute Gasteiger partial charge is 0.495 e. The molecule has 0 aliphatic rings. The number of aromatic nitrogens is 3. The van der Waals surface area contributed by atoms with E-state index in [-0.39, 0.29) is 5.95 Å². The van der Waals surface area contributed by atoms with Gasteiger partial charge in [-0.2, -0.15) is 15.3 Å². The molecule has 0 fully saturated rings. The van der Waals surface area contributed by atoms with Crippen LogP contribution in [0.4, 0.5) is 23.1 Å². The molecule has 1 heterocycles. The molecule has 27 heavy (non-hydrogen) atoms. The second-order valence-electron chi connectivity index (χ2n) is 5.29. The highest BCUT2D eigenvalue weighted by Crippen LogP contribution is 2.36. The zero-order chi connectivity index (χ0) is 19.2. The molecule has 0 spiro atoms. The van der Waals surface area contributed by atoms with Crippen LogP contribution in [-0.4, -0.2) is 29.4 Å². The molecule has 8 nitrogen and oxygen atoms in total. The van der Waals surface area contributed by atoms with Crippen LogP contribution in [-0.2, 0) is 0 Å². The van der Waals surface area contributed by atoms with Gasteiger partial charge in [-0.25, -0.2) is 0 Å². The van der Waals surface area contributed by atoms with Gasteiger partial charge in [0.05, 0.1) is 42.8 Å². The minimum absolute atomic E-state index is 0.260. The van der Waals surface area contributed by atoms with Crippen molar-refractivity contribution in [1.29, 1.82) is 5.26 Å². The lowest BCUT2D eigenvalue weighted by atomic mass is 10.2. The van der Waals surface area contributed by atoms with Crippen molar-refractivity contribution in [2.75, 3.05) is 24.9 Å². The molecule has 0 atom stereocenters. The van der Waals surface area contributed by atoms with E-state index in [4.69, 9.17) is 26.3 Å². The maximum absolute atomic E-state index is 8.86. The van der Waals surface area contributed by atoms with E-state index in [0.717, 1.165) is 5.69 Å². The van der Waals surface area contributed by atoms with E-state index in [2.05, 4.69) is 31.9 Å². The summed E-state index contributed by atoms with van der Waals surface area (Å²) in [5.41, 5.74) is 1.93. The maximum Gasteiger partial charge on any atom is 0.249 e. The van der Waals surface area contributed by atoms with Gasteiger partial charge in [0.2, 0.25) is 5.95 Å². The number of nitrogens with one attached hydrogen (secondary N) is 2. The van der Waals surface area contributed by atoms with E-state index < -0.39 is 0 Å². The van der Waals surface area contributed by atoms with E-state index in [1.165, 1.54) is 20.4 Å². The van der Waals surface area contributed by atoms with Gasteiger partial charge in [-0.1, -0.05) is 11.6 Å². The van der Waals surface area contributed by atoms with Crippen LogP contribution in [0.2, 0.25) is 5.02 Å². The summed E-state index contributed by atoms with van der Waals surface area (Å²) in [7, 11) is 3.06. The number of anilines is 4. The zero-order valence-electron chi connectivity index (χ0n) is 14.5. The SMILES string of the molecule is COc1cc(Nc2nncc(Nc3ccc(C#N)cc3)n2)c(OC)cc1Cl. The van der Waals surface area contributed by atoms with Crippen LogP contribution in [0.1, 0.15) is 5.56 Å². The van der Waals surface area contributed by atoms with Gasteiger partial charge >= 0.3 is 0 Å². The quantitative estimate of drug-likeness (QED) is 0.661. The van der Waals surface area contributed by atoms with Crippen LogP contribution in [0.25, 0.3) is 0 Å². The zero-order valence-corrected chi connectivity index (χ0v) is 15.3. The van der Waals surface area contributed by atoms with E-state index in [1.54, 1.807) is 36.4 Å². The van der Waals surface area contributed by atoms with Gasteiger partial charge in [0, 0.05) is 17.8 Å². The fourth-order valence-electron chi connectivity index (χ4n) is 2.27. The monoisotopic (exact) mass is 382 g/mol. The van der Waals surface area contributed by atoms with E-state index >= 15 is 0 Å². The maximum atomic E-state index is 8.86. The molecular formula is C18H15ClN6O2. The Hall–Kier alpha value is -3.57. The van der Waals surface area contributed by atoms with Crippen LogP contribution in [0.15, 0.2) is 42.6 Å². The van der Waals surface area contributed by atoms with Crippen LogP contribution in [0, 0.1) is 11.3 Å². The fourth-order valence-corrected chi connectivity index (χ4v) is 2.50.